The first-order valence-corrected chi connectivity index (χ1v) is 12.4. The van der Waals surface area contributed by atoms with Gasteiger partial charge in [0.15, 0.2) is 12.1 Å². The van der Waals surface area contributed by atoms with Crippen LogP contribution in [0, 0.1) is 63.6 Å². The van der Waals surface area contributed by atoms with Gasteiger partial charge < -0.3 is 14.2 Å². The molecule has 2 heterocycles. The number of benzene rings is 1. The van der Waals surface area contributed by atoms with Gasteiger partial charge in [0.05, 0.1) is 36.4 Å². The fraction of sp³-hybridized carbons (Fsp3) is 0.630. The molecule has 5 nitrogen and oxygen atoms in total. The largest absolute Gasteiger partial charge is 0.367 e. The van der Waals surface area contributed by atoms with Gasteiger partial charge in [-0.2, -0.15) is 5.26 Å². The van der Waals surface area contributed by atoms with Crippen molar-refractivity contribution in [3.63, 3.8) is 0 Å². The molecule has 6 fully saturated rings. The van der Waals surface area contributed by atoms with Crippen molar-refractivity contribution >= 4 is 11.4 Å². The minimum atomic E-state index is -0.940. The molecule has 1 aromatic carbocycles. The van der Waals surface area contributed by atoms with E-state index in [1.807, 2.05) is 0 Å². The van der Waals surface area contributed by atoms with E-state index in [0.29, 0.717) is 25.0 Å². The van der Waals surface area contributed by atoms with E-state index >= 15 is 0 Å². The third-order valence-electron chi connectivity index (χ3n) is 11.3. The molecule has 0 N–H and O–H groups in total. The summed E-state index contributed by atoms with van der Waals surface area (Å²) in [6, 6.07) is 13.2. The molecular formula is C27H25NO4. The van der Waals surface area contributed by atoms with Crippen LogP contribution in [0.4, 0.5) is 0 Å². The van der Waals surface area contributed by atoms with Crippen LogP contribution in [0.5, 0.6) is 0 Å². The number of fused-ring (bicyclic) bond motifs is 8. The highest BCUT2D eigenvalue weighted by molar-refractivity contribution is 6.03. The molecule has 32 heavy (non-hydrogen) atoms. The predicted molar refractivity (Wildman–Crippen MR) is 111 cm³/mol. The van der Waals surface area contributed by atoms with Crippen LogP contribution in [0.15, 0.2) is 36.4 Å². The van der Waals surface area contributed by atoms with Crippen LogP contribution in [0.2, 0.25) is 0 Å². The molecule has 0 amide bonds. The molecule has 2 aliphatic heterocycles. The van der Waals surface area contributed by atoms with E-state index in [1.165, 1.54) is 11.1 Å². The maximum absolute atomic E-state index is 14.7. The molecule has 2 bridgehead atoms. The Hall–Kier alpha value is -2.00. The maximum Gasteiger partial charge on any atom is 0.165 e. The van der Waals surface area contributed by atoms with Crippen LogP contribution in [-0.2, 0) is 19.0 Å². The number of carbonyl (C=O) groups excluding carboxylic acids is 1. The number of hydrogen-bond donors (Lipinski definition) is 0. The van der Waals surface area contributed by atoms with Gasteiger partial charge in [0.25, 0.3) is 0 Å². The number of hydrogen-bond acceptors (Lipinski definition) is 5. The Kier molecular flexibility index (Phi) is 2.77. The van der Waals surface area contributed by atoms with Crippen LogP contribution in [0.1, 0.15) is 24.8 Å². The van der Waals surface area contributed by atoms with Crippen molar-refractivity contribution in [2.24, 2.45) is 52.3 Å². The second-order valence-corrected chi connectivity index (χ2v) is 11.5. The summed E-state index contributed by atoms with van der Waals surface area (Å²) in [5, 5.41) is 10.5. The lowest BCUT2D eigenvalue weighted by Crippen LogP contribution is -2.80. The van der Waals surface area contributed by atoms with Crippen LogP contribution in [0.3, 0.4) is 0 Å². The number of rotatable bonds is 2. The van der Waals surface area contributed by atoms with Gasteiger partial charge in [-0.1, -0.05) is 36.4 Å². The number of nitrogens with zero attached hydrogens (tertiary/aromatic N) is 1. The van der Waals surface area contributed by atoms with Gasteiger partial charge in [0.2, 0.25) is 0 Å². The van der Waals surface area contributed by atoms with Crippen LogP contribution < -0.4 is 0 Å². The summed E-state index contributed by atoms with van der Waals surface area (Å²) in [4.78, 5) is 14.7. The van der Waals surface area contributed by atoms with E-state index in [-0.39, 0.29) is 47.8 Å². The summed E-state index contributed by atoms with van der Waals surface area (Å²) in [6.45, 7) is 1.15. The number of ketones is 1. The van der Waals surface area contributed by atoms with Gasteiger partial charge in [-0.05, 0) is 60.0 Å². The fourth-order valence-electron chi connectivity index (χ4n) is 11.0. The average Bonchev–Trinajstić information content (AvgIpc) is 3.55. The molecule has 0 unspecified atom stereocenters. The number of Topliss-reactive ketones (excluding diaryl/α,β-unsaturated/α-hetero) is 1. The standard InChI is InChI=1S/C27H25NO4/c28-12-25-18-7-6-15-19-21(18)26(24(25)29)20(23-30-8-9-31-23)17-11-14(27(19,26)32-22(15)25)10-16(17)13-4-2-1-3-5-13/h1-5,10,14-15,17-23H,6-9,11H2/t14-,15-,17-,18+,19-,20-,21+,22+,25-,26-,27-/m0/s1. The monoisotopic (exact) mass is 427 g/mol. The molecule has 5 heteroatoms. The molecule has 2 saturated heterocycles. The molecule has 8 rings (SSSR count). The fourth-order valence-corrected chi connectivity index (χ4v) is 11.0. The number of allylic oxidation sites excluding steroid dienone is 1. The smallest absolute Gasteiger partial charge is 0.165 e. The Morgan fingerprint density at radius 1 is 1.03 bits per heavy atom. The van der Waals surface area contributed by atoms with Gasteiger partial charge >= 0.3 is 0 Å². The molecule has 1 aromatic rings. The van der Waals surface area contributed by atoms with Crippen molar-refractivity contribution in [3.05, 3.63) is 42.0 Å². The third kappa shape index (κ3) is 1.35. The van der Waals surface area contributed by atoms with Gasteiger partial charge in [0, 0.05) is 11.8 Å². The first-order chi connectivity index (χ1) is 15.7. The van der Waals surface area contributed by atoms with Gasteiger partial charge in [0.1, 0.15) is 5.41 Å². The zero-order valence-electron chi connectivity index (χ0n) is 17.8. The highest BCUT2D eigenvalue weighted by Gasteiger charge is 3.00. The van der Waals surface area contributed by atoms with Crippen molar-refractivity contribution in [1.29, 1.82) is 5.26 Å². The van der Waals surface area contributed by atoms with E-state index in [0.717, 1.165) is 19.3 Å². The molecule has 2 spiro atoms. The average molecular weight is 428 g/mol. The van der Waals surface area contributed by atoms with Crippen molar-refractivity contribution in [3.8, 4) is 6.07 Å². The summed E-state index contributed by atoms with van der Waals surface area (Å²) < 4.78 is 19.5. The molecule has 11 atom stereocenters. The van der Waals surface area contributed by atoms with Crippen molar-refractivity contribution < 1.29 is 19.0 Å². The zero-order chi connectivity index (χ0) is 21.0. The first kappa shape index (κ1) is 17.5. The first-order valence-electron chi connectivity index (χ1n) is 12.4. The summed E-state index contributed by atoms with van der Waals surface area (Å²) in [7, 11) is 0. The summed E-state index contributed by atoms with van der Waals surface area (Å²) in [6.07, 6.45) is 4.96. The molecule has 0 aromatic heterocycles. The van der Waals surface area contributed by atoms with Crippen molar-refractivity contribution in [1.82, 2.24) is 0 Å². The zero-order valence-corrected chi connectivity index (χ0v) is 17.8. The molecule has 7 aliphatic rings. The van der Waals surface area contributed by atoms with Gasteiger partial charge in [-0.15, -0.1) is 0 Å². The Balaban J connectivity index is 1.33. The molecule has 162 valence electrons. The summed E-state index contributed by atoms with van der Waals surface area (Å²) in [5.41, 5.74) is 0.550. The number of nitriles is 1. The lowest BCUT2D eigenvalue weighted by Gasteiger charge is -2.72. The predicted octanol–water partition coefficient (Wildman–Crippen LogP) is 3.21. The quantitative estimate of drug-likeness (QED) is 0.725. The van der Waals surface area contributed by atoms with Crippen LogP contribution in [-0.4, -0.2) is 37.0 Å². The highest BCUT2D eigenvalue weighted by Crippen LogP contribution is 2.92. The topological polar surface area (TPSA) is 68.6 Å². The summed E-state index contributed by atoms with van der Waals surface area (Å²) in [5.74, 6) is 1.78. The second kappa shape index (κ2) is 5.06. The van der Waals surface area contributed by atoms with Gasteiger partial charge in [-0.25, -0.2) is 0 Å². The van der Waals surface area contributed by atoms with Crippen LogP contribution in [0.25, 0.3) is 5.57 Å². The van der Waals surface area contributed by atoms with Crippen molar-refractivity contribution in [2.45, 2.75) is 37.3 Å². The molecule has 4 saturated carbocycles. The number of carbonyl (C=O) groups is 1. The normalized spacial score (nSPS) is 57.5. The lowest BCUT2D eigenvalue weighted by atomic mass is 9.31. The molecule has 0 radical (unpaired) electrons. The van der Waals surface area contributed by atoms with Crippen LogP contribution >= 0.6 is 0 Å². The Labute approximate surface area is 186 Å². The molecular weight excluding hydrogens is 402 g/mol. The molecule has 5 aliphatic carbocycles. The third-order valence-corrected chi connectivity index (χ3v) is 11.3. The Bertz CT molecular complexity index is 1170. The van der Waals surface area contributed by atoms with E-state index in [2.05, 4.69) is 42.5 Å². The Morgan fingerprint density at radius 3 is 2.62 bits per heavy atom. The minimum Gasteiger partial charge on any atom is -0.367 e. The van der Waals surface area contributed by atoms with E-state index in [4.69, 9.17) is 14.2 Å². The lowest BCUT2D eigenvalue weighted by molar-refractivity contribution is -0.324. The van der Waals surface area contributed by atoms with E-state index in [9.17, 15) is 10.1 Å². The van der Waals surface area contributed by atoms with E-state index < -0.39 is 16.4 Å². The minimum absolute atomic E-state index is 0.0699. The second-order valence-electron chi connectivity index (χ2n) is 11.5. The Morgan fingerprint density at radius 2 is 1.84 bits per heavy atom. The summed E-state index contributed by atoms with van der Waals surface area (Å²) >= 11 is 0. The van der Waals surface area contributed by atoms with E-state index in [1.54, 1.807) is 0 Å². The van der Waals surface area contributed by atoms with Gasteiger partial charge in [-0.3, -0.25) is 4.79 Å². The van der Waals surface area contributed by atoms with Crippen molar-refractivity contribution in [2.75, 3.05) is 13.2 Å². The number of ether oxygens (including phenoxy) is 3. The maximum atomic E-state index is 14.7. The SMILES string of the molecule is N#C[C@]12C(=O)[C@]34[C@H]5[C@@H]6[C@H](CC[C@H]51)[C@H]2O[C@@]63[C@H]1C=C(c2ccccc2)[C@H](C1)[C@H]4C1OCCO1. The highest BCUT2D eigenvalue weighted by atomic mass is 16.7.